The van der Waals surface area contributed by atoms with Gasteiger partial charge in [0.05, 0.1) is 6.54 Å². The second-order valence-corrected chi connectivity index (χ2v) is 4.46. The molecule has 0 spiro atoms. The van der Waals surface area contributed by atoms with Crippen LogP contribution in [0.5, 0.6) is 0 Å². The number of amides is 1. The molecule has 4 heteroatoms. The first-order valence-corrected chi connectivity index (χ1v) is 6.28. The summed E-state index contributed by atoms with van der Waals surface area (Å²) in [5.74, 6) is 0.121. The predicted molar refractivity (Wildman–Crippen MR) is 68.3 cm³/mol. The number of carbonyl (C=O) groups is 1. The number of unbranched alkanes of at least 4 members (excludes halogenated alkanes) is 2. The Kier molecular flexibility index (Phi) is 9.24. The van der Waals surface area contributed by atoms with E-state index in [0.29, 0.717) is 6.54 Å². The molecule has 1 unspecified atom stereocenters. The number of nitrogens with zero attached hydrogens (tertiary/aromatic N) is 1. The van der Waals surface area contributed by atoms with Gasteiger partial charge in [0, 0.05) is 6.04 Å². The van der Waals surface area contributed by atoms with Crippen molar-refractivity contribution in [1.82, 2.24) is 10.2 Å². The smallest absolute Gasteiger partial charge is 0.234 e. The summed E-state index contributed by atoms with van der Waals surface area (Å²) in [5, 5.41) is 2.96. The zero-order valence-corrected chi connectivity index (χ0v) is 11.0. The molecule has 0 saturated carbocycles. The van der Waals surface area contributed by atoms with Crippen molar-refractivity contribution in [2.45, 2.75) is 45.6 Å². The van der Waals surface area contributed by atoms with Crippen molar-refractivity contribution in [3.05, 3.63) is 0 Å². The first kappa shape index (κ1) is 15.4. The monoisotopic (exact) mass is 229 g/mol. The molecule has 0 aliphatic heterocycles. The van der Waals surface area contributed by atoms with Gasteiger partial charge in [0.1, 0.15) is 0 Å². The number of carbonyl (C=O) groups excluding carboxylic acids is 1. The van der Waals surface area contributed by atoms with Crippen molar-refractivity contribution in [3.8, 4) is 0 Å². The number of hydrogen-bond donors (Lipinski definition) is 2. The molecule has 4 nitrogen and oxygen atoms in total. The zero-order chi connectivity index (χ0) is 12.4. The van der Waals surface area contributed by atoms with E-state index < -0.39 is 0 Å². The zero-order valence-electron chi connectivity index (χ0n) is 11.0. The van der Waals surface area contributed by atoms with Crippen LogP contribution in [0.2, 0.25) is 0 Å². The largest absolute Gasteiger partial charge is 0.353 e. The molecule has 0 aromatic heterocycles. The number of likely N-dealkylation sites (N-methyl/N-ethyl adjacent to an activating group) is 1. The van der Waals surface area contributed by atoms with Crippen molar-refractivity contribution in [1.29, 1.82) is 0 Å². The van der Waals surface area contributed by atoms with Gasteiger partial charge in [-0.05, 0) is 46.3 Å². The molecule has 0 rings (SSSR count). The van der Waals surface area contributed by atoms with Gasteiger partial charge >= 0.3 is 0 Å². The Labute approximate surface area is 99.6 Å². The molecule has 0 saturated heterocycles. The topological polar surface area (TPSA) is 58.4 Å². The lowest BCUT2D eigenvalue weighted by Gasteiger charge is -2.18. The molecule has 0 fully saturated rings. The van der Waals surface area contributed by atoms with Crippen molar-refractivity contribution >= 4 is 5.91 Å². The lowest BCUT2D eigenvalue weighted by molar-refractivity contribution is -0.122. The second-order valence-electron chi connectivity index (χ2n) is 4.46. The second kappa shape index (κ2) is 9.60. The Hall–Kier alpha value is -0.610. The van der Waals surface area contributed by atoms with Crippen LogP contribution in [0.4, 0.5) is 0 Å². The summed E-state index contributed by atoms with van der Waals surface area (Å²) < 4.78 is 0. The van der Waals surface area contributed by atoms with E-state index in [9.17, 15) is 4.79 Å². The van der Waals surface area contributed by atoms with Crippen LogP contribution in [0.3, 0.4) is 0 Å². The van der Waals surface area contributed by atoms with Crippen LogP contribution in [0.15, 0.2) is 0 Å². The van der Waals surface area contributed by atoms with Crippen LogP contribution in [0, 0.1) is 0 Å². The highest BCUT2D eigenvalue weighted by atomic mass is 16.2. The van der Waals surface area contributed by atoms with Crippen LogP contribution in [-0.4, -0.2) is 43.5 Å². The number of rotatable bonds is 9. The molecule has 0 aromatic carbocycles. The van der Waals surface area contributed by atoms with Gasteiger partial charge in [-0.3, -0.25) is 9.69 Å². The van der Waals surface area contributed by atoms with Gasteiger partial charge in [-0.25, -0.2) is 0 Å². The van der Waals surface area contributed by atoms with E-state index in [1.807, 2.05) is 14.0 Å². The van der Waals surface area contributed by atoms with Crippen molar-refractivity contribution in [3.63, 3.8) is 0 Å². The molecule has 16 heavy (non-hydrogen) atoms. The van der Waals surface area contributed by atoms with E-state index in [-0.39, 0.29) is 11.9 Å². The lowest BCUT2D eigenvalue weighted by Crippen LogP contribution is -2.39. The minimum Gasteiger partial charge on any atom is -0.353 e. The standard InChI is InChI=1S/C12H27N3O/c1-4-11(2)14-12(16)10-15(3)9-7-5-6-8-13/h11H,4-10,13H2,1-3H3,(H,14,16). The summed E-state index contributed by atoms with van der Waals surface area (Å²) in [7, 11) is 1.98. The summed E-state index contributed by atoms with van der Waals surface area (Å²) in [4.78, 5) is 13.6. The maximum atomic E-state index is 11.5. The third-order valence-corrected chi connectivity index (χ3v) is 2.68. The van der Waals surface area contributed by atoms with Crippen molar-refractivity contribution in [2.24, 2.45) is 5.73 Å². The Balaban J connectivity index is 3.54. The molecule has 1 amide bonds. The van der Waals surface area contributed by atoms with Crippen LogP contribution in [-0.2, 0) is 4.79 Å². The summed E-state index contributed by atoms with van der Waals surface area (Å²) in [6.45, 7) is 6.32. The molecule has 0 aliphatic rings. The Morgan fingerprint density at radius 3 is 2.62 bits per heavy atom. The first-order valence-electron chi connectivity index (χ1n) is 6.28. The van der Waals surface area contributed by atoms with E-state index in [2.05, 4.69) is 17.1 Å². The molecular weight excluding hydrogens is 202 g/mol. The maximum Gasteiger partial charge on any atom is 0.234 e. The highest BCUT2D eigenvalue weighted by Crippen LogP contribution is 1.96. The van der Waals surface area contributed by atoms with Gasteiger partial charge in [-0.1, -0.05) is 13.3 Å². The van der Waals surface area contributed by atoms with Gasteiger partial charge in [0.2, 0.25) is 5.91 Å². The molecule has 0 aliphatic carbocycles. The average Bonchev–Trinajstić information content (AvgIpc) is 2.24. The normalized spacial score (nSPS) is 12.8. The fraction of sp³-hybridized carbons (Fsp3) is 0.917. The molecule has 3 N–H and O–H groups in total. The molecule has 96 valence electrons. The molecule has 0 bridgehead atoms. The molecule has 0 aromatic rings. The van der Waals surface area contributed by atoms with Gasteiger partial charge in [0.15, 0.2) is 0 Å². The lowest BCUT2D eigenvalue weighted by atomic mass is 10.2. The third kappa shape index (κ3) is 8.68. The Morgan fingerprint density at radius 2 is 2.06 bits per heavy atom. The van der Waals surface area contributed by atoms with Crippen LogP contribution < -0.4 is 11.1 Å². The SMILES string of the molecule is CCC(C)NC(=O)CN(C)CCCCCN. The molecule has 0 heterocycles. The summed E-state index contributed by atoms with van der Waals surface area (Å²) in [5.41, 5.74) is 5.42. The van der Waals surface area contributed by atoms with Crippen LogP contribution >= 0.6 is 0 Å². The predicted octanol–water partition coefficient (Wildman–Crippen LogP) is 0.962. The van der Waals surface area contributed by atoms with Crippen LogP contribution in [0.25, 0.3) is 0 Å². The molecular formula is C12H27N3O. The Bertz CT molecular complexity index is 185. The molecule has 0 radical (unpaired) electrons. The van der Waals surface area contributed by atoms with Gasteiger partial charge in [0.25, 0.3) is 0 Å². The van der Waals surface area contributed by atoms with Crippen LogP contribution in [0.1, 0.15) is 39.5 Å². The number of nitrogens with one attached hydrogen (secondary N) is 1. The first-order chi connectivity index (χ1) is 7.60. The van der Waals surface area contributed by atoms with E-state index in [1.165, 1.54) is 0 Å². The highest BCUT2D eigenvalue weighted by molar-refractivity contribution is 5.78. The maximum absolute atomic E-state index is 11.5. The highest BCUT2D eigenvalue weighted by Gasteiger charge is 2.08. The fourth-order valence-electron chi connectivity index (χ4n) is 1.45. The van der Waals surface area contributed by atoms with E-state index in [0.717, 1.165) is 38.8 Å². The van der Waals surface area contributed by atoms with Gasteiger partial charge < -0.3 is 11.1 Å². The Morgan fingerprint density at radius 1 is 1.38 bits per heavy atom. The van der Waals surface area contributed by atoms with E-state index >= 15 is 0 Å². The minimum absolute atomic E-state index is 0.121. The number of nitrogens with two attached hydrogens (primary N) is 1. The summed E-state index contributed by atoms with van der Waals surface area (Å²) >= 11 is 0. The van der Waals surface area contributed by atoms with E-state index in [4.69, 9.17) is 5.73 Å². The summed E-state index contributed by atoms with van der Waals surface area (Å²) in [6.07, 6.45) is 4.32. The van der Waals surface area contributed by atoms with Gasteiger partial charge in [-0.2, -0.15) is 0 Å². The van der Waals surface area contributed by atoms with Gasteiger partial charge in [-0.15, -0.1) is 0 Å². The average molecular weight is 229 g/mol. The molecule has 1 atom stereocenters. The van der Waals surface area contributed by atoms with E-state index in [1.54, 1.807) is 0 Å². The minimum atomic E-state index is 0.121. The van der Waals surface area contributed by atoms with Crippen molar-refractivity contribution < 1.29 is 4.79 Å². The summed E-state index contributed by atoms with van der Waals surface area (Å²) in [6, 6.07) is 0.276. The fourth-order valence-corrected chi connectivity index (χ4v) is 1.45. The third-order valence-electron chi connectivity index (χ3n) is 2.68. The van der Waals surface area contributed by atoms with Crippen molar-refractivity contribution in [2.75, 3.05) is 26.7 Å². The number of hydrogen-bond acceptors (Lipinski definition) is 3. The quantitative estimate of drug-likeness (QED) is 0.579.